The Kier molecular flexibility index (Phi) is 5.55. The molecule has 1 saturated heterocycles. The highest BCUT2D eigenvalue weighted by atomic mass is 32.2. The van der Waals surface area contributed by atoms with Crippen molar-refractivity contribution in [3.05, 3.63) is 35.1 Å². The van der Waals surface area contributed by atoms with E-state index in [4.69, 9.17) is 0 Å². The Bertz CT molecular complexity index is 750. The third-order valence-corrected chi connectivity index (χ3v) is 5.82. The minimum absolute atomic E-state index is 0.0168. The summed E-state index contributed by atoms with van der Waals surface area (Å²) in [7, 11) is -3.29. The second-order valence-corrected chi connectivity index (χ2v) is 7.75. The van der Waals surface area contributed by atoms with Crippen molar-refractivity contribution in [3.8, 4) is 0 Å². The lowest BCUT2D eigenvalue weighted by molar-refractivity contribution is -0.142. The summed E-state index contributed by atoms with van der Waals surface area (Å²) >= 11 is 0. The summed E-state index contributed by atoms with van der Waals surface area (Å²) in [5.41, 5.74) is 0.528. The van der Waals surface area contributed by atoms with Gasteiger partial charge in [-0.15, -0.1) is 0 Å². The molecule has 24 heavy (non-hydrogen) atoms. The van der Waals surface area contributed by atoms with Gasteiger partial charge in [0.25, 0.3) is 0 Å². The van der Waals surface area contributed by atoms with Crippen LogP contribution in [0.25, 0.3) is 0 Å². The molecule has 2 N–H and O–H groups in total. The van der Waals surface area contributed by atoms with Crippen molar-refractivity contribution in [1.82, 2.24) is 9.62 Å². The van der Waals surface area contributed by atoms with E-state index in [9.17, 15) is 27.5 Å². The Morgan fingerprint density at radius 1 is 1.42 bits per heavy atom. The average Bonchev–Trinajstić information content (AvgIpc) is 2.84. The van der Waals surface area contributed by atoms with Gasteiger partial charge in [-0.05, 0) is 30.5 Å². The van der Waals surface area contributed by atoms with Crippen LogP contribution in [-0.2, 0) is 19.6 Å². The first-order chi connectivity index (χ1) is 11.2. The molecule has 0 aromatic heterocycles. The molecule has 1 aromatic carbocycles. The second kappa shape index (κ2) is 7.27. The first-order valence-corrected chi connectivity index (χ1v) is 9.07. The molecule has 1 heterocycles. The van der Waals surface area contributed by atoms with Gasteiger partial charge in [-0.3, -0.25) is 4.79 Å². The van der Waals surface area contributed by atoms with E-state index in [2.05, 4.69) is 5.32 Å². The number of amides is 1. The van der Waals surface area contributed by atoms with Crippen LogP contribution >= 0.6 is 0 Å². The minimum Gasteiger partial charge on any atom is -0.479 e. The van der Waals surface area contributed by atoms with Gasteiger partial charge in [-0.25, -0.2) is 21.9 Å². The molecule has 0 saturated carbocycles. The second-order valence-electron chi connectivity index (χ2n) is 5.67. The highest BCUT2D eigenvalue weighted by molar-refractivity contribution is 7.89. The number of hydrogen-bond acceptors (Lipinski definition) is 4. The Morgan fingerprint density at radius 2 is 2.12 bits per heavy atom. The number of carbonyl (C=O) groups excluding carboxylic acids is 1. The molecule has 1 atom stereocenters. The summed E-state index contributed by atoms with van der Waals surface area (Å²) < 4.78 is 37.8. The zero-order valence-electron chi connectivity index (χ0n) is 13.2. The Hall–Kier alpha value is -2.00. The molecular weight excluding hydrogens is 339 g/mol. The number of nitrogens with one attached hydrogen (secondary N) is 1. The van der Waals surface area contributed by atoms with E-state index in [0.29, 0.717) is 13.0 Å². The number of halogens is 1. The molecule has 0 aliphatic carbocycles. The molecule has 7 nitrogen and oxygen atoms in total. The summed E-state index contributed by atoms with van der Waals surface area (Å²) in [6.07, 6.45) is 0.389. The van der Waals surface area contributed by atoms with Crippen molar-refractivity contribution in [2.75, 3.05) is 18.8 Å². The van der Waals surface area contributed by atoms with Crippen LogP contribution in [0.15, 0.2) is 18.2 Å². The molecule has 1 aliphatic heterocycles. The van der Waals surface area contributed by atoms with Gasteiger partial charge in [0.1, 0.15) is 5.82 Å². The lowest BCUT2D eigenvalue weighted by Gasteiger charge is -2.17. The molecule has 1 unspecified atom stereocenters. The maximum absolute atomic E-state index is 13.3. The van der Waals surface area contributed by atoms with Gasteiger partial charge >= 0.3 is 5.97 Å². The van der Waals surface area contributed by atoms with E-state index < -0.39 is 33.8 Å². The fourth-order valence-electron chi connectivity index (χ4n) is 2.54. The van der Waals surface area contributed by atoms with Gasteiger partial charge < -0.3 is 10.4 Å². The highest BCUT2D eigenvalue weighted by Crippen LogP contribution is 2.18. The maximum Gasteiger partial charge on any atom is 0.330 e. The number of sulfonamides is 1. The lowest BCUT2D eigenvalue weighted by Crippen LogP contribution is -2.36. The van der Waals surface area contributed by atoms with Crippen LogP contribution < -0.4 is 5.32 Å². The van der Waals surface area contributed by atoms with Crippen molar-refractivity contribution in [1.29, 1.82) is 0 Å². The topological polar surface area (TPSA) is 104 Å². The smallest absolute Gasteiger partial charge is 0.330 e. The van der Waals surface area contributed by atoms with E-state index in [-0.39, 0.29) is 29.8 Å². The van der Waals surface area contributed by atoms with E-state index in [1.54, 1.807) is 0 Å². The van der Waals surface area contributed by atoms with Crippen molar-refractivity contribution in [3.63, 3.8) is 0 Å². The third kappa shape index (κ3) is 4.30. The predicted octanol–water partition coefficient (Wildman–Crippen LogP) is 0.802. The number of benzene rings is 1. The van der Waals surface area contributed by atoms with Gasteiger partial charge in [-0.1, -0.05) is 12.1 Å². The van der Waals surface area contributed by atoms with Gasteiger partial charge in [0.2, 0.25) is 15.9 Å². The number of carboxylic acids is 1. The van der Waals surface area contributed by atoms with E-state index in [1.165, 1.54) is 23.4 Å². The zero-order chi connectivity index (χ0) is 17.9. The standard InChI is InChI=1S/C15H19FN2O5S/c1-10-9-11(3-4-12(10)16)14(15(20)21)17-13(19)5-7-18-6-2-8-24(18,22)23/h3-4,9,14H,2,5-8H2,1H3,(H,17,19)(H,20,21). The molecule has 1 aliphatic rings. The zero-order valence-corrected chi connectivity index (χ0v) is 14.0. The molecule has 1 amide bonds. The predicted molar refractivity (Wildman–Crippen MR) is 84.3 cm³/mol. The molecular formula is C15H19FN2O5S. The van der Waals surface area contributed by atoms with Gasteiger partial charge in [0.15, 0.2) is 6.04 Å². The SMILES string of the molecule is Cc1cc(C(NC(=O)CCN2CCCS2(=O)=O)C(=O)O)ccc1F. The Labute approximate surface area is 139 Å². The largest absolute Gasteiger partial charge is 0.479 e. The van der Waals surface area contributed by atoms with Crippen LogP contribution in [-0.4, -0.2) is 48.5 Å². The number of carbonyl (C=O) groups is 2. The molecule has 2 rings (SSSR count). The summed E-state index contributed by atoms with van der Waals surface area (Å²) in [5, 5.41) is 11.6. The summed E-state index contributed by atoms with van der Waals surface area (Å²) in [5.74, 6) is -2.25. The van der Waals surface area contributed by atoms with Crippen LogP contribution in [0, 0.1) is 12.7 Å². The van der Waals surface area contributed by atoms with E-state index in [0.717, 1.165) is 6.07 Å². The van der Waals surface area contributed by atoms with Crippen LogP contribution in [0.2, 0.25) is 0 Å². The molecule has 9 heteroatoms. The summed E-state index contributed by atoms with van der Waals surface area (Å²) in [6, 6.07) is 2.49. The first kappa shape index (κ1) is 18.3. The van der Waals surface area contributed by atoms with Crippen LogP contribution in [0.1, 0.15) is 30.0 Å². The first-order valence-electron chi connectivity index (χ1n) is 7.47. The fourth-order valence-corrected chi connectivity index (χ4v) is 4.07. The lowest BCUT2D eigenvalue weighted by atomic mass is 10.0. The van der Waals surface area contributed by atoms with Crippen LogP contribution in [0.5, 0.6) is 0 Å². The van der Waals surface area contributed by atoms with Gasteiger partial charge in [0, 0.05) is 19.5 Å². The minimum atomic E-state index is -3.29. The molecule has 1 aromatic rings. The average molecular weight is 358 g/mol. The number of aryl methyl sites for hydroxylation is 1. The van der Waals surface area contributed by atoms with E-state index in [1.807, 2.05) is 0 Å². The monoisotopic (exact) mass is 358 g/mol. The number of carboxylic acid groups (broad SMARTS) is 1. The Balaban J connectivity index is 2.01. The fraction of sp³-hybridized carbons (Fsp3) is 0.467. The number of nitrogens with zero attached hydrogens (tertiary/aromatic N) is 1. The van der Waals surface area contributed by atoms with E-state index >= 15 is 0 Å². The normalized spacial score (nSPS) is 18.2. The quantitative estimate of drug-likeness (QED) is 0.783. The molecule has 132 valence electrons. The Morgan fingerprint density at radius 3 is 2.67 bits per heavy atom. The molecule has 0 radical (unpaired) electrons. The molecule has 0 spiro atoms. The van der Waals surface area contributed by atoms with Crippen molar-refractivity contribution in [2.24, 2.45) is 0 Å². The van der Waals surface area contributed by atoms with Crippen molar-refractivity contribution >= 4 is 21.9 Å². The highest BCUT2D eigenvalue weighted by Gasteiger charge is 2.29. The molecule has 0 bridgehead atoms. The molecule has 1 fully saturated rings. The van der Waals surface area contributed by atoms with Gasteiger partial charge in [-0.2, -0.15) is 0 Å². The number of aliphatic carboxylic acids is 1. The maximum atomic E-state index is 13.3. The van der Waals surface area contributed by atoms with Crippen LogP contribution in [0.4, 0.5) is 4.39 Å². The van der Waals surface area contributed by atoms with Crippen LogP contribution in [0.3, 0.4) is 0 Å². The third-order valence-electron chi connectivity index (χ3n) is 3.86. The summed E-state index contributed by atoms with van der Waals surface area (Å²) in [6.45, 7) is 1.88. The number of rotatable bonds is 6. The number of hydrogen-bond donors (Lipinski definition) is 2. The van der Waals surface area contributed by atoms with Crippen molar-refractivity contribution in [2.45, 2.75) is 25.8 Å². The van der Waals surface area contributed by atoms with Crippen molar-refractivity contribution < 1.29 is 27.5 Å². The summed E-state index contributed by atoms with van der Waals surface area (Å²) in [4.78, 5) is 23.4. The van der Waals surface area contributed by atoms with Gasteiger partial charge in [0.05, 0.1) is 5.75 Å².